The van der Waals surface area contributed by atoms with Gasteiger partial charge in [-0.25, -0.2) is 0 Å². The number of hydrogen-bond donors (Lipinski definition) is 1. The summed E-state index contributed by atoms with van der Waals surface area (Å²) in [7, 11) is 4.52. The van der Waals surface area contributed by atoms with Gasteiger partial charge in [-0.1, -0.05) is 29.8 Å². The van der Waals surface area contributed by atoms with Gasteiger partial charge in [0.05, 0.1) is 27.4 Å². The molecule has 0 aliphatic rings. The molecule has 0 fully saturated rings. The first kappa shape index (κ1) is 20.5. The Morgan fingerprint density at radius 3 is 2.14 bits per heavy atom. The minimum absolute atomic E-state index is 0.298. The monoisotopic (exact) mass is 412 g/mol. The van der Waals surface area contributed by atoms with Crippen molar-refractivity contribution < 1.29 is 19.0 Å². The summed E-state index contributed by atoms with van der Waals surface area (Å²) in [5, 5.41) is 3.67. The van der Waals surface area contributed by atoms with E-state index >= 15 is 0 Å². The predicted molar refractivity (Wildman–Crippen MR) is 111 cm³/mol. The number of ether oxygens (including phenoxy) is 3. The molecule has 1 amide bonds. The molecule has 7 heteroatoms. The molecule has 1 aromatic heterocycles. The molecule has 1 heterocycles. The van der Waals surface area contributed by atoms with Gasteiger partial charge in [0.1, 0.15) is 0 Å². The molecule has 0 spiro atoms. The van der Waals surface area contributed by atoms with Crippen LogP contribution in [0.2, 0.25) is 5.02 Å². The van der Waals surface area contributed by atoms with E-state index in [2.05, 4.69) is 10.3 Å². The fourth-order valence-corrected chi connectivity index (χ4v) is 3.11. The van der Waals surface area contributed by atoms with E-state index in [9.17, 15) is 4.79 Å². The Kier molecular flexibility index (Phi) is 6.57. The Morgan fingerprint density at radius 1 is 0.966 bits per heavy atom. The summed E-state index contributed by atoms with van der Waals surface area (Å²) in [6.45, 7) is 0. The SMILES string of the molecule is COc1cc(C(=O)N[C@@H](c2ccc(Cl)cc2)c2cccnc2)cc(OC)c1OC. The van der Waals surface area contributed by atoms with Crippen LogP contribution in [-0.2, 0) is 0 Å². The van der Waals surface area contributed by atoms with E-state index in [4.69, 9.17) is 25.8 Å². The lowest BCUT2D eigenvalue weighted by atomic mass is 9.99. The zero-order chi connectivity index (χ0) is 20.8. The van der Waals surface area contributed by atoms with Gasteiger partial charge in [0, 0.05) is 23.0 Å². The summed E-state index contributed by atoms with van der Waals surface area (Å²) >= 11 is 6.02. The maximum Gasteiger partial charge on any atom is 0.252 e. The van der Waals surface area contributed by atoms with Crippen molar-refractivity contribution in [3.63, 3.8) is 0 Å². The summed E-state index contributed by atoms with van der Waals surface area (Å²) in [5.41, 5.74) is 2.10. The van der Waals surface area contributed by atoms with Crippen LogP contribution in [0.3, 0.4) is 0 Å². The van der Waals surface area contributed by atoms with Crippen LogP contribution in [0, 0.1) is 0 Å². The van der Waals surface area contributed by atoms with E-state index in [1.165, 1.54) is 21.3 Å². The Morgan fingerprint density at radius 2 is 1.62 bits per heavy atom. The number of methoxy groups -OCH3 is 3. The van der Waals surface area contributed by atoms with Gasteiger partial charge in [0.2, 0.25) is 5.75 Å². The summed E-state index contributed by atoms with van der Waals surface area (Å²) in [6.07, 6.45) is 3.40. The van der Waals surface area contributed by atoms with Gasteiger partial charge in [-0.15, -0.1) is 0 Å². The lowest BCUT2D eigenvalue weighted by Gasteiger charge is -2.20. The lowest BCUT2D eigenvalue weighted by Crippen LogP contribution is -2.29. The van der Waals surface area contributed by atoms with Crippen LogP contribution in [0.5, 0.6) is 17.2 Å². The molecule has 0 saturated heterocycles. The number of halogens is 1. The highest BCUT2D eigenvalue weighted by molar-refractivity contribution is 6.30. The van der Waals surface area contributed by atoms with Crippen LogP contribution < -0.4 is 19.5 Å². The molecule has 29 heavy (non-hydrogen) atoms. The summed E-state index contributed by atoms with van der Waals surface area (Å²) in [4.78, 5) is 17.3. The number of benzene rings is 2. The third-order valence-electron chi connectivity index (χ3n) is 4.42. The number of carbonyl (C=O) groups is 1. The van der Waals surface area contributed by atoms with Gasteiger partial charge in [-0.2, -0.15) is 0 Å². The van der Waals surface area contributed by atoms with Gasteiger partial charge in [0.15, 0.2) is 11.5 Å². The molecule has 1 atom stereocenters. The quantitative estimate of drug-likeness (QED) is 0.627. The molecule has 6 nitrogen and oxygen atoms in total. The second kappa shape index (κ2) is 9.30. The molecule has 0 unspecified atom stereocenters. The van der Waals surface area contributed by atoms with E-state index in [1.54, 1.807) is 36.7 Å². The highest BCUT2D eigenvalue weighted by Gasteiger charge is 2.21. The second-order valence-corrected chi connectivity index (χ2v) is 6.59. The zero-order valence-electron chi connectivity index (χ0n) is 16.3. The van der Waals surface area contributed by atoms with Crippen molar-refractivity contribution in [1.82, 2.24) is 10.3 Å². The fourth-order valence-electron chi connectivity index (χ4n) is 2.99. The number of amides is 1. The van der Waals surface area contributed by atoms with E-state index in [0.29, 0.717) is 27.8 Å². The maximum absolute atomic E-state index is 13.1. The highest BCUT2D eigenvalue weighted by atomic mass is 35.5. The number of aromatic nitrogens is 1. The van der Waals surface area contributed by atoms with Gasteiger partial charge in [-0.05, 0) is 41.5 Å². The van der Waals surface area contributed by atoms with Crippen LogP contribution in [0.4, 0.5) is 0 Å². The Bertz CT molecular complexity index is 953. The minimum atomic E-state index is -0.410. The van der Waals surface area contributed by atoms with Crippen molar-refractivity contribution in [3.05, 3.63) is 82.6 Å². The normalized spacial score (nSPS) is 11.4. The largest absolute Gasteiger partial charge is 0.493 e. The molecule has 0 saturated carbocycles. The smallest absolute Gasteiger partial charge is 0.252 e. The van der Waals surface area contributed by atoms with E-state index in [0.717, 1.165) is 11.1 Å². The van der Waals surface area contributed by atoms with Crippen molar-refractivity contribution in [2.24, 2.45) is 0 Å². The van der Waals surface area contributed by atoms with Crippen molar-refractivity contribution >= 4 is 17.5 Å². The Hall–Kier alpha value is -3.25. The van der Waals surface area contributed by atoms with Crippen LogP contribution in [-0.4, -0.2) is 32.2 Å². The predicted octanol–water partition coefficient (Wildman–Crippen LogP) is 4.28. The standard InChI is InChI=1S/C22H21ClN2O4/c1-27-18-11-16(12-19(28-2)21(18)29-3)22(26)25-20(15-5-4-10-24-13-15)14-6-8-17(23)9-7-14/h4-13,20H,1-3H3,(H,25,26)/t20-/m0/s1. The van der Waals surface area contributed by atoms with Gasteiger partial charge in [-0.3, -0.25) is 9.78 Å². The number of pyridine rings is 1. The van der Waals surface area contributed by atoms with E-state index < -0.39 is 6.04 Å². The molecule has 3 aromatic rings. The molecular weight excluding hydrogens is 392 g/mol. The van der Waals surface area contributed by atoms with Crippen LogP contribution >= 0.6 is 11.6 Å². The number of carbonyl (C=O) groups excluding carboxylic acids is 1. The number of hydrogen-bond acceptors (Lipinski definition) is 5. The third-order valence-corrected chi connectivity index (χ3v) is 4.68. The first-order chi connectivity index (χ1) is 14.1. The number of nitrogens with zero attached hydrogens (tertiary/aromatic N) is 1. The topological polar surface area (TPSA) is 69.7 Å². The van der Waals surface area contributed by atoms with Gasteiger partial charge < -0.3 is 19.5 Å². The average molecular weight is 413 g/mol. The van der Waals surface area contributed by atoms with Gasteiger partial charge in [0.25, 0.3) is 5.91 Å². The molecular formula is C22H21ClN2O4. The highest BCUT2D eigenvalue weighted by Crippen LogP contribution is 2.38. The van der Waals surface area contributed by atoms with E-state index in [-0.39, 0.29) is 5.91 Å². The molecule has 0 radical (unpaired) electrons. The molecule has 0 bridgehead atoms. The Balaban J connectivity index is 1.98. The van der Waals surface area contributed by atoms with Crippen molar-refractivity contribution in [2.75, 3.05) is 21.3 Å². The molecule has 150 valence electrons. The van der Waals surface area contributed by atoms with Crippen molar-refractivity contribution in [1.29, 1.82) is 0 Å². The van der Waals surface area contributed by atoms with Crippen LogP contribution in [0.15, 0.2) is 60.9 Å². The summed E-state index contributed by atoms with van der Waals surface area (Å²) in [6, 6.07) is 13.8. The molecule has 0 aliphatic carbocycles. The third kappa shape index (κ3) is 4.60. The Labute approximate surface area is 174 Å². The second-order valence-electron chi connectivity index (χ2n) is 6.16. The summed E-state index contributed by atoms with van der Waals surface area (Å²) in [5.74, 6) is 0.934. The first-order valence-electron chi connectivity index (χ1n) is 8.83. The van der Waals surface area contributed by atoms with E-state index in [1.807, 2.05) is 24.3 Å². The van der Waals surface area contributed by atoms with Gasteiger partial charge >= 0.3 is 0 Å². The van der Waals surface area contributed by atoms with Crippen molar-refractivity contribution in [3.8, 4) is 17.2 Å². The fraction of sp³-hybridized carbons (Fsp3) is 0.182. The molecule has 3 rings (SSSR count). The van der Waals surface area contributed by atoms with Crippen molar-refractivity contribution in [2.45, 2.75) is 6.04 Å². The maximum atomic E-state index is 13.1. The number of nitrogens with one attached hydrogen (secondary N) is 1. The average Bonchev–Trinajstić information content (AvgIpc) is 2.77. The molecule has 1 N–H and O–H groups in total. The first-order valence-corrected chi connectivity index (χ1v) is 9.21. The number of rotatable bonds is 7. The molecule has 2 aromatic carbocycles. The minimum Gasteiger partial charge on any atom is -0.493 e. The lowest BCUT2D eigenvalue weighted by molar-refractivity contribution is 0.0942. The zero-order valence-corrected chi connectivity index (χ0v) is 17.1. The van der Waals surface area contributed by atoms with Crippen LogP contribution in [0.1, 0.15) is 27.5 Å². The summed E-state index contributed by atoms with van der Waals surface area (Å²) < 4.78 is 16.0. The molecule has 0 aliphatic heterocycles. The van der Waals surface area contributed by atoms with Crippen LogP contribution in [0.25, 0.3) is 0 Å².